The third-order valence-electron chi connectivity index (χ3n) is 4.72. The molecule has 1 amide bonds. The van der Waals surface area contributed by atoms with Crippen LogP contribution in [0.15, 0.2) is 23.1 Å². The van der Waals surface area contributed by atoms with Gasteiger partial charge in [-0.05, 0) is 43.4 Å². The first-order chi connectivity index (χ1) is 11.6. The number of rotatable bonds is 3. The number of nitrogens with zero attached hydrogens (tertiary/aromatic N) is 2. The molecule has 3 rings (SSSR count). The molecule has 0 aromatic heterocycles. The lowest BCUT2D eigenvalue weighted by Crippen LogP contribution is -2.39. The van der Waals surface area contributed by atoms with Crippen molar-refractivity contribution in [3.63, 3.8) is 0 Å². The minimum atomic E-state index is -3.73. The average molecular weight is 386 g/mol. The largest absolute Gasteiger partial charge is 0.273 e. The van der Waals surface area contributed by atoms with E-state index in [1.54, 1.807) is 13.0 Å². The molecule has 9 heteroatoms. The summed E-state index contributed by atoms with van der Waals surface area (Å²) in [7, 11) is -7.45. The maximum Gasteiger partial charge on any atom is 0.243 e. The topological polar surface area (TPSA) is 91.8 Å². The van der Waals surface area contributed by atoms with Crippen molar-refractivity contribution < 1.29 is 21.6 Å². The molecule has 1 aromatic carbocycles. The van der Waals surface area contributed by atoms with E-state index >= 15 is 0 Å². The summed E-state index contributed by atoms with van der Waals surface area (Å²) in [5.74, 6) is -0.489. The fourth-order valence-electron chi connectivity index (χ4n) is 3.37. The Hall–Kier alpha value is -1.45. The Morgan fingerprint density at radius 1 is 1.24 bits per heavy atom. The quantitative estimate of drug-likeness (QED) is 0.785. The molecule has 2 heterocycles. The molecule has 0 saturated carbocycles. The predicted octanol–water partition coefficient (Wildman–Crippen LogP) is 1.48. The number of carbonyl (C=O) groups excluding carboxylic acids is 1. The van der Waals surface area contributed by atoms with Gasteiger partial charge in [0.1, 0.15) is 0 Å². The molecule has 1 aromatic rings. The molecule has 2 fully saturated rings. The van der Waals surface area contributed by atoms with E-state index < -0.39 is 26.0 Å². The summed E-state index contributed by atoms with van der Waals surface area (Å²) in [5.41, 5.74) is 0.628. The first-order valence-corrected chi connectivity index (χ1v) is 11.3. The number of sulfonamides is 2. The third kappa shape index (κ3) is 3.32. The van der Waals surface area contributed by atoms with Gasteiger partial charge >= 0.3 is 0 Å². The molecule has 138 valence electrons. The summed E-state index contributed by atoms with van der Waals surface area (Å²) in [6.07, 6.45) is 1.71. The second-order valence-electron chi connectivity index (χ2n) is 6.78. The molecule has 2 aliphatic heterocycles. The van der Waals surface area contributed by atoms with Crippen molar-refractivity contribution in [2.24, 2.45) is 5.92 Å². The van der Waals surface area contributed by atoms with Crippen LogP contribution >= 0.6 is 0 Å². The highest BCUT2D eigenvalue weighted by Gasteiger charge is 2.37. The van der Waals surface area contributed by atoms with Crippen molar-refractivity contribution in [2.45, 2.75) is 38.0 Å². The summed E-state index contributed by atoms with van der Waals surface area (Å²) in [5, 5.41) is 0. The first-order valence-electron chi connectivity index (χ1n) is 8.29. The normalized spacial score (nSPS) is 24.6. The van der Waals surface area contributed by atoms with Crippen LogP contribution in [0, 0.1) is 12.8 Å². The molecule has 0 aliphatic carbocycles. The van der Waals surface area contributed by atoms with E-state index in [4.69, 9.17) is 0 Å². The van der Waals surface area contributed by atoms with E-state index in [1.165, 1.54) is 16.4 Å². The zero-order valence-corrected chi connectivity index (χ0v) is 15.9. The van der Waals surface area contributed by atoms with E-state index in [0.717, 1.165) is 17.1 Å². The number of hydrogen-bond acceptors (Lipinski definition) is 5. The van der Waals surface area contributed by atoms with Gasteiger partial charge in [0.25, 0.3) is 0 Å². The highest BCUT2D eigenvalue weighted by atomic mass is 32.2. The van der Waals surface area contributed by atoms with Crippen LogP contribution < -0.4 is 4.31 Å². The Balaban J connectivity index is 2.04. The average Bonchev–Trinajstić information content (AvgIpc) is 2.81. The fraction of sp³-hybridized carbons (Fsp3) is 0.562. The molecular formula is C16H22N2O5S2. The number of anilines is 1. The number of hydrogen-bond donors (Lipinski definition) is 0. The van der Waals surface area contributed by atoms with Gasteiger partial charge in [-0.3, -0.25) is 4.79 Å². The van der Waals surface area contributed by atoms with Gasteiger partial charge in [-0.1, -0.05) is 13.0 Å². The summed E-state index contributed by atoms with van der Waals surface area (Å²) < 4.78 is 52.5. The van der Waals surface area contributed by atoms with Gasteiger partial charge in [-0.2, -0.15) is 4.31 Å². The van der Waals surface area contributed by atoms with Crippen LogP contribution in [-0.4, -0.2) is 45.9 Å². The molecule has 0 unspecified atom stereocenters. The van der Waals surface area contributed by atoms with Crippen LogP contribution in [0.1, 0.15) is 31.7 Å². The van der Waals surface area contributed by atoms with Crippen molar-refractivity contribution >= 4 is 31.6 Å². The highest BCUT2D eigenvalue weighted by Crippen LogP contribution is 2.31. The number of aryl methyl sites for hydroxylation is 1. The number of piperidine rings is 1. The maximum absolute atomic E-state index is 13.0. The smallest absolute Gasteiger partial charge is 0.243 e. The number of benzene rings is 1. The molecule has 1 atom stereocenters. The molecule has 2 aliphatic rings. The Morgan fingerprint density at radius 3 is 2.56 bits per heavy atom. The van der Waals surface area contributed by atoms with Crippen LogP contribution in [0.4, 0.5) is 5.69 Å². The Kier molecular flexibility index (Phi) is 4.67. The lowest BCUT2D eigenvalue weighted by atomic mass is 10.0. The van der Waals surface area contributed by atoms with Crippen molar-refractivity contribution in [1.29, 1.82) is 0 Å². The Morgan fingerprint density at radius 2 is 1.96 bits per heavy atom. The van der Waals surface area contributed by atoms with Crippen LogP contribution in [0.2, 0.25) is 0 Å². The molecule has 0 N–H and O–H groups in total. The predicted molar refractivity (Wildman–Crippen MR) is 94.2 cm³/mol. The van der Waals surface area contributed by atoms with Gasteiger partial charge in [0.15, 0.2) is 0 Å². The third-order valence-corrected chi connectivity index (χ3v) is 8.42. The fourth-order valence-corrected chi connectivity index (χ4v) is 6.66. The van der Waals surface area contributed by atoms with E-state index in [0.29, 0.717) is 18.7 Å². The first kappa shape index (κ1) is 18.3. The van der Waals surface area contributed by atoms with Gasteiger partial charge in [0.2, 0.25) is 26.0 Å². The minimum absolute atomic E-state index is 0.0639. The summed E-state index contributed by atoms with van der Waals surface area (Å²) >= 11 is 0. The van der Waals surface area contributed by atoms with Gasteiger partial charge < -0.3 is 0 Å². The van der Waals surface area contributed by atoms with E-state index in [-0.39, 0.29) is 28.7 Å². The molecule has 7 nitrogen and oxygen atoms in total. The monoisotopic (exact) mass is 386 g/mol. The summed E-state index contributed by atoms with van der Waals surface area (Å²) in [6, 6.07) is 4.34. The molecule has 0 radical (unpaired) electrons. The van der Waals surface area contributed by atoms with E-state index in [1.807, 2.05) is 6.92 Å². The Bertz CT molecular complexity index is 908. The van der Waals surface area contributed by atoms with Gasteiger partial charge in [0.05, 0.1) is 16.3 Å². The SMILES string of the molecule is Cc1ccc(N2C(=O)CCS2(=O)=O)cc1S(=O)(=O)N1CCC[C@H](C)C1. The molecule has 25 heavy (non-hydrogen) atoms. The van der Waals surface area contributed by atoms with Crippen molar-refractivity contribution in [1.82, 2.24) is 4.31 Å². The molecule has 0 spiro atoms. The van der Waals surface area contributed by atoms with Gasteiger partial charge in [0, 0.05) is 19.5 Å². The molecule has 0 bridgehead atoms. The molecule has 2 saturated heterocycles. The lowest BCUT2D eigenvalue weighted by Gasteiger charge is -2.30. The van der Waals surface area contributed by atoms with Crippen molar-refractivity contribution in [3.05, 3.63) is 23.8 Å². The van der Waals surface area contributed by atoms with E-state index in [9.17, 15) is 21.6 Å². The standard InChI is InChI=1S/C16H22N2O5S2/c1-12-4-3-8-17(11-12)25(22,23)15-10-14(6-5-13(15)2)18-16(19)7-9-24(18,20)21/h5-6,10,12H,3-4,7-9,11H2,1-2H3/t12-/m0/s1. The Labute approximate surface area is 148 Å². The second kappa shape index (κ2) is 6.37. The van der Waals surface area contributed by atoms with Crippen LogP contribution in [0.3, 0.4) is 0 Å². The van der Waals surface area contributed by atoms with Crippen LogP contribution in [0.25, 0.3) is 0 Å². The van der Waals surface area contributed by atoms with Crippen molar-refractivity contribution in [2.75, 3.05) is 23.1 Å². The highest BCUT2D eigenvalue weighted by molar-refractivity contribution is 7.94. The van der Waals surface area contributed by atoms with Gasteiger partial charge in [-0.25, -0.2) is 21.1 Å². The van der Waals surface area contributed by atoms with Crippen LogP contribution in [0.5, 0.6) is 0 Å². The van der Waals surface area contributed by atoms with Crippen molar-refractivity contribution in [3.8, 4) is 0 Å². The summed E-state index contributed by atoms with van der Waals surface area (Å²) in [4.78, 5) is 12.0. The summed E-state index contributed by atoms with van der Waals surface area (Å²) in [6.45, 7) is 4.59. The minimum Gasteiger partial charge on any atom is -0.273 e. The number of carbonyl (C=O) groups is 1. The zero-order chi connectivity index (χ0) is 18.4. The maximum atomic E-state index is 13.0. The number of amides is 1. The van der Waals surface area contributed by atoms with Crippen LogP contribution in [-0.2, 0) is 24.8 Å². The second-order valence-corrected chi connectivity index (χ2v) is 10.6. The zero-order valence-electron chi connectivity index (χ0n) is 14.3. The molecular weight excluding hydrogens is 364 g/mol. The van der Waals surface area contributed by atoms with Gasteiger partial charge in [-0.15, -0.1) is 0 Å². The lowest BCUT2D eigenvalue weighted by molar-refractivity contribution is -0.116. The van der Waals surface area contributed by atoms with E-state index in [2.05, 4.69) is 0 Å².